The largest absolute Gasteiger partial charge is 0.481 e. The summed E-state index contributed by atoms with van der Waals surface area (Å²) in [6.07, 6.45) is 0. The quantitative estimate of drug-likeness (QED) is 0.664. The molecule has 74 valence electrons. The maximum Gasteiger partial charge on any atom is 0.319 e. The molecule has 5 heteroatoms. The van der Waals surface area contributed by atoms with Gasteiger partial charge >= 0.3 is 12.0 Å². The molecule has 2 amide bonds. The number of amides is 2. The van der Waals surface area contributed by atoms with Crippen LogP contribution in [0.15, 0.2) is 0 Å². The Morgan fingerprint density at radius 2 is 2.08 bits per heavy atom. The van der Waals surface area contributed by atoms with Crippen LogP contribution in [-0.4, -0.2) is 53.6 Å². The third-order valence-corrected chi connectivity index (χ3v) is 2.30. The molecule has 0 aromatic carbocycles. The molecule has 1 fully saturated rings. The lowest BCUT2D eigenvalue weighted by atomic mass is 10.0. The van der Waals surface area contributed by atoms with E-state index in [1.54, 1.807) is 16.8 Å². The van der Waals surface area contributed by atoms with E-state index in [0.29, 0.717) is 19.6 Å². The molecule has 5 nitrogen and oxygen atoms in total. The van der Waals surface area contributed by atoms with E-state index in [1.807, 2.05) is 6.92 Å². The van der Waals surface area contributed by atoms with Crippen molar-refractivity contribution in [3.63, 3.8) is 0 Å². The molecule has 0 aliphatic carbocycles. The molecule has 1 saturated heterocycles. The summed E-state index contributed by atoms with van der Waals surface area (Å²) in [4.78, 5) is 24.9. The van der Waals surface area contributed by atoms with Crippen LogP contribution in [0.1, 0.15) is 6.92 Å². The third-order valence-electron chi connectivity index (χ3n) is 2.30. The van der Waals surface area contributed by atoms with Crippen molar-refractivity contribution in [3.8, 4) is 0 Å². The molecule has 0 atom stereocenters. The molecule has 1 heterocycles. The Balaban J connectivity index is 2.35. The van der Waals surface area contributed by atoms with Crippen LogP contribution in [0.3, 0.4) is 0 Å². The smallest absolute Gasteiger partial charge is 0.319 e. The highest BCUT2D eigenvalue weighted by molar-refractivity contribution is 5.79. The summed E-state index contributed by atoms with van der Waals surface area (Å²) >= 11 is 0. The maximum atomic E-state index is 11.4. The van der Waals surface area contributed by atoms with Crippen LogP contribution in [0.5, 0.6) is 0 Å². The van der Waals surface area contributed by atoms with Gasteiger partial charge in [-0.2, -0.15) is 0 Å². The second-order valence-corrected chi connectivity index (χ2v) is 3.24. The second-order valence-electron chi connectivity index (χ2n) is 3.24. The molecule has 0 aromatic heterocycles. The van der Waals surface area contributed by atoms with E-state index in [-0.39, 0.29) is 11.9 Å². The van der Waals surface area contributed by atoms with Crippen LogP contribution in [0.2, 0.25) is 0 Å². The normalized spacial score (nSPS) is 16.6. The van der Waals surface area contributed by atoms with Crippen LogP contribution >= 0.6 is 0 Å². The SMILES string of the molecule is CCN(C)C(=O)N1CC(C(=O)O)C1. The van der Waals surface area contributed by atoms with E-state index in [4.69, 9.17) is 5.11 Å². The molecular formula is C8H14N2O3. The fourth-order valence-electron chi connectivity index (χ4n) is 1.17. The van der Waals surface area contributed by atoms with Crippen LogP contribution in [0.25, 0.3) is 0 Å². The summed E-state index contributed by atoms with van der Waals surface area (Å²) in [5, 5.41) is 8.58. The van der Waals surface area contributed by atoms with Crippen molar-refractivity contribution in [2.45, 2.75) is 6.92 Å². The number of carbonyl (C=O) groups is 2. The van der Waals surface area contributed by atoms with E-state index >= 15 is 0 Å². The number of carboxylic acid groups (broad SMARTS) is 1. The van der Waals surface area contributed by atoms with Gasteiger partial charge < -0.3 is 14.9 Å². The summed E-state index contributed by atoms with van der Waals surface area (Å²) < 4.78 is 0. The zero-order chi connectivity index (χ0) is 10.0. The lowest BCUT2D eigenvalue weighted by Crippen LogP contribution is -2.56. The summed E-state index contributed by atoms with van der Waals surface area (Å²) in [5.74, 6) is -1.18. The number of aliphatic carboxylic acids is 1. The third kappa shape index (κ3) is 1.91. The summed E-state index contributed by atoms with van der Waals surface area (Å²) in [7, 11) is 1.70. The average molecular weight is 186 g/mol. The van der Waals surface area contributed by atoms with Crippen LogP contribution < -0.4 is 0 Å². The summed E-state index contributed by atoms with van der Waals surface area (Å²) in [5.41, 5.74) is 0. The van der Waals surface area contributed by atoms with Crippen LogP contribution in [-0.2, 0) is 4.79 Å². The highest BCUT2D eigenvalue weighted by atomic mass is 16.4. The lowest BCUT2D eigenvalue weighted by Gasteiger charge is -2.38. The van der Waals surface area contributed by atoms with Crippen molar-refractivity contribution in [1.29, 1.82) is 0 Å². The number of rotatable bonds is 2. The Labute approximate surface area is 76.9 Å². The Kier molecular flexibility index (Phi) is 2.75. The average Bonchev–Trinajstić information content (AvgIpc) is 1.99. The van der Waals surface area contributed by atoms with Gasteiger partial charge in [0.2, 0.25) is 0 Å². The van der Waals surface area contributed by atoms with Crippen molar-refractivity contribution >= 4 is 12.0 Å². The number of carbonyl (C=O) groups excluding carboxylic acids is 1. The fraction of sp³-hybridized carbons (Fsp3) is 0.750. The first kappa shape index (κ1) is 9.83. The molecule has 1 N–H and O–H groups in total. The van der Waals surface area contributed by atoms with Gasteiger partial charge in [-0.25, -0.2) is 4.79 Å². The first-order chi connectivity index (χ1) is 6.06. The number of urea groups is 1. The predicted molar refractivity (Wildman–Crippen MR) is 46.4 cm³/mol. The summed E-state index contributed by atoms with van der Waals surface area (Å²) in [6, 6.07) is -0.0833. The van der Waals surface area contributed by atoms with Gasteiger partial charge in [-0.15, -0.1) is 0 Å². The Morgan fingerprint density at radius 3 is 2.46 bits per heavy atom. The highest BCUT2D eigenvalue weighted by Gasteiger charge is 2.36. The molecule has 1 aliphatic heterocycles. The van der Waals surface area contributed by atoms with Crippen molar-refractivity contribution in [1.82, 2.24) is 9.80 Å². The van der Waals surface area contributed by atoms with Gasteiger partial charge in [0, 0.05) is 26.7 Å². The Morgan fingerprint density at radius 1 is 1.54 bits per heavy atom. The van der Waals surface area contributed by atoms with Gasteiger partial charge in [0.1, 0.15) is 0 Å². The van der Waals surface area contributed by atoms with E-state index in [1.165, 1.54) is 0 Å². The van der Waals surface area contributed by atoms with Gasteiger partial charge in [0.15, 0.2) is 0 Å². The minimum absolute atomic E-state index is 0.0833. The zero-order valence-electron chi connectivity index (χ0n) is 7.86. The minimum Gasteiger partial charge on any atom is -0.481 e. The number of hydrogen-bond acceptors (Lipinski definition) is 2. The Bertz CT molecular complexity index is 223. The van der Waals surface area contributed by atoms with Gasteiger partial charge in [-0.05, 0) is 6.92 Å². The number of nitrogens with zero attached hydrogens (tertiary/aromatic N) is 2. The van der Waals surface area contributed by atoms with Crippen molar-refractivity contribution in [2.24, 2.45) is 5.92 Å². The molecule has 0 unspecified atom stereocenters. The highest BCUT2D eigenvalue weighted by Crippen LogP contribution is 2.16. The molecule has 13 heavy (non-hydrogen) atoms. The van der Waals surface area contributed by atoms with E-state index in [9.17, 15) is 9.59 Å². The number of carboxylic acids is 1. The molecule has 0 spiro atoms. The van der Waals surface area contributed by atoms with Crippen molar-refractivity contribution in [3.05, 3.63) is 0 Å². The van der Waals surface area contributed by atoms with Gasteiger partial charge in [0.05, 0.1) is 5.92 Å². The van der Waals surface area contributed by atoms with E-state index < -0.39 is 5.97 Å². The zero-order valence-corrected chi connectivity index (χ0v) is 7.86. The predicted octanol–water partition coefficient (Wildman–Crippen LogP) is 0.0745. The first-order valence-electron chi connectivity index (χ1n) is 4.29. The standard InChI is InChI=1S/C8H14N2O3/c1-3-9(2)8(13)10-4-6(5-10)7(11)12/h6H,3-5H2,1-2H3,(H,11,12). The number of likely N-dealkylation sites (tertiary alicyclic amines) is 1. The van der Waals surface area contributed by atoms with E-state index in [2.05, 4.69) is 0 Å². The van der Waals surface area contributed by atoms with Crippen molar-refractivity contribution < 1.29 is 14.7 Å². The molecule has 0 aromatic rings. The van der Waals surface area contributed by atoms with E-state index in [0.717, 1.165) is 0 Å². The fourth-order valence-corrected chi connectivity index (χ4v) is 1.17. The lowest BCUT2D eigenvalue weighted by molar-refractivity contribution is -0.146. The molecule has 0 bridgehead atoms. The minimum atomic E-state index is -0.816. The van der Waals surface area contributed by atoms with Gasteiger partial charge in [0.25, 0.3) is 0 Å². The van der Waals surface area contributed by atoms with Crippen LogP contribution in [0.4, 0.5) is 4.79 Å². The molecule has 0 radical (unpaired) electrons. The topological polar surface area (TPSA) is 60.9 Å². The first-order valence-corrected chi connectivity index (χ1v) is 4.29. The van der Waals surface area contributed by atoms with Gasteiger partial charge in [-0.1, -0.05) is 0 Å². The monoisotopic (exact) mass is 186 g/mol. The molecular weight excluding hydrogens is 172 g/mol. The second kappa shape index (κ2) is 3.64. The molecule has 1 aliphatic rings. The molecule has 0 saturated carbocycles. The van der Waals surface area contributed by atoms with Crippen molar-refractivity contribution in [2.75, 3.05) is 26.7 Å². The number of hydrogen-bond donors (Lipinski definition) is 1. The molecule has 1 rings (SSSR count). The maximum absolute atomic E-state index is 11.4. The Hall–Kier alpha value is -1.26. The van der Waals surface area contributed by atoms with Gasteiger partial charge in [-0.3, -0.25) is 4.79 Å². The summed E-state index contributed by atoms with van der Waals surface area (Å²) in [6.45, 7) is 3.22. The van der Waals surface area contributed by atoms with Crippen LogP contribution in [0, 0.1) is 5.92 Å².